The number of nitrogens with one attached hydrogen (secondary N) is 1. The van der Waals surface area contributed by atoms with E-state index in [1.165, 1.54) is 34.8 Å². The van der Waals surface area contributed by atoms with E-state index in [-0.39, 0.29) is 53.4 Å². The van der Waals surface area contributed by atoms with Crippen molar-refractivity contribution in [2.75, 3.05) is 38.2 Å². The monoisotopic (exact) mass is 602 g/mol. The molecular weight excluding hydrogens is 573 g/mol. The number of ether oxygens (including phenoxy) is 2. The zero-order valence-corrected chi connectivity index (χ0v) is 23.7. The molecule has 5 rings (SSSR count). The zero-order valence-electron chi connectivity index (χ0n) is 22.9. The summed E-state index contributed by atoms with van der Waals surface area (Å²) in [5.74, 6) is 0.881. The lowest BCUT2D eigenvalue weighted by molar-refractivity contribution is -0.137. The summed E-state index contributed by atoms with van der Waals surface area (Å²) in [6, 6.07) is 11.4. The number of alkyl halides is 3. The number of halogens is 3. The molecule has 10 nitrogen and oxygen atoms in total. The van der Waals surface area contributed by atoms with Crippen LogP contribution in [-0.2, 0) is 32.3 Å². The topological polar surface area (TPSA) is 119 Å². The van der Waals surface area contributed by atoms with Crippen molar-refractivity contribution in [2.45, 2.75) is 31.5 Å². The molecule has 1 fully saturated rings. The average molecular weight is 603 g/mol. The van der Waals surface area contributed by atoms with Crippen molar-refractivity contribution in [3.05, 3.63) is 66.1 Å². The Labute approximate surface area is 241 Å². The highest BCUT2D eigenvalue weighted by molar-refractivity contribution is 7.89. The maximum Gasteiger partial charge on any atom is 0.418 e. The molecule has 0 bridgehead atoms. The smallest absolute Gasteiger partial charge is 0.379 e. The SMILES string of the molecule is CC(C)COCc1nc(Nc2ccc(S(=O)(=O)N3CCOCC3)cc2)c2ccc(-c3ncccc3C(F)(F)F)nc2n1. The van der Waals surface area contributed by atoms with Crippen LogP contribution in [0, 0.1) is 5.92 Å². The Morgan fingerprint density at radius 1 is 1.02 bits per heavy atom. The van der Waals surface area contributed by atoms with E-state index in [0.29, 0.717) is 36.7 Å². The number of nitrogens with zero attached hydrogens (tertiary/aromatic N) is 5. The Hall–Kier alpha value is -3.72. The summed E-state index contributed by atoms with van der Waals surface area (Å²) in [5, 5.41) is 3.61. The summed E-state index contributed by atoms with van der Waals surface area (Å²) in [4.78, 5) is 17.5. The van der Waals surface area contributed by atoms with Gasteiger partial charge in [-0.15, -0.1) is 0 Å². The number of fused-ring (bicyclic) bond motifs is 1. The summed E-state index contributed by atoms with van der Waals surface area (Å²) >= 11 is 0. The maximum atomic E-state index is 13.7. The van der Waals surface area contributed by atoms with Gasteiger partial charge in [-0.3, -0.25) is 4.98 Å². The normalized spacial score (nSPS) is 14.9. The Balaban J connectivity index is 1.49. The molecule has 0 saturated carbocycles. The van der Waals surface area contributed by atoms with Crippen LogP contribution in [0.3, 0.4) is 0 Å². The van der Waals surface area contributed by atoms with Gasteiger partial charge in [0.25, 0.3) is 0 Å². The molecule has 0 unspecified atom stereocenters. The van der Waals surface area contributed by atoms with E-state index < -0.39 is 21.8 Å². The summed E-state index contributed by atoms with van der Waals surface area (Å²) < 4.78 is 79.3. The molecule has 0 radical (unpaired) electrons. The fraction of sp³-hybridized carbons (Fsp3) is 0.357. The molecule has 4 heterocycles. The molecular formula is C28H29F3N6O4S. The third-order valence-corrected chi connectivity index (χ3v) is 8.28. The molecule has 0 aliphatic carbocycles. The first-order valence-corrected chi connectivity index (χ1v) is 14.7. The van der Waals surface area contributed by atoms with Crippen LogP contribution in [0.1, 0.15) is 25.2 Å². The molecule has 4 aromatic rings. The van der Waals surface area contributed by atoms with E-state index in [2.05, 4.69) is 25.3 Å². The molecule has 14 heteroatoms. The van der Waals surface area contributed by atoms with Crippen LogP contribution in [0.15, 0.2) is 59.6 Å². The average Bonchev–Trinajstić information content (AvgIpc) is 2.97. The van der Waals surface area contributed by atoms with Crippen LogP contribution < -0.4 is 5.32 Å². The summed E-state index contributed by atoms with van der Waals surface area (Å²) in [5.41, 5.74) is -0.519. The molecule has 222 valence electrons. The summed E-state index contributed by atoms with van der Waals surface area (Å²) in [7, 11) is -3.67. The number of hydrogen-bond acceptors (Lipinski definition) is 9. The molecule has 0 atom stereocenters. The fourth-order valence-corrected chi connectivity index (χ4v) is 5.76. The number of sulfonamides is 1. The quantitative estimate of drug-likeness (QED) is 0.281. The summed E-state index contributed by atoms with van der Waals surface area (Å²) in [6.07, 6.45) is -3.34. The van der Waals surface area contributed by atoms with Gasteiger partial charge in [-0.2, -0.15) is 17.5 Å². The zero-order chi connectivity index (χ0) is 29.9. The van der Waals surface area contributed by atoms with Crippen molar-refractivity contribution in [3.8, 4) is 11.4 Å². The van der Waals surface area contributed by atoms with Crippen molar-refractivity contribution >= 4 is 32.6 Å². The van der Waals surface area contributed by atoms with E-state index in [1.807, 2.05) is 13.8 Å². The van der Waals surface area contributed by atoms with Gasteiger partial charge in [-0.25, -0.2) is 23.4 Å². The molecule has 0 amide bonds. The van der Waals surface area contributed by atoms with Crippen LogP contribution in [0.2, 0.25) is 0 Å². The molecule has 1 aromatic carbocycles. The first kappa shape index (κ1) is 29.8. The van der Waals surface area contributed by atoms with Gasteiger partial charge >= 0.3 is 6.18 Å². The van der Waals surface area contributed by atoms with Gasteiger partial charge in [0.15, 0.2) is 11.5 Å². The Morgan fingerprint density at radius 3 is 2.45 bits per heavy atom. The lowest BCUT2D eigenvalue weighted by Crippen LogP contribution is -2.40. The molecule has 1 saturated heterocycles. The van der Waals surface area contributed by atoms with Crippen molar-refractivity contribution in [3.63, 3.8) is 0 Å². The van der Waals surface area contributed by atoms with Crippen molar-refractivity contribution < 1.29 is 31.1 Å². The first-order valence-electron chi connectivity index (χ1n) is 13.3. The van der Waals surface area contributed by atoms with E-state index in [1.54, 1.807) is 18.2 Å². The minimum absolute atomic E-state index is 0.00629. The number of benzene rings is 1. The largest absolute Gasteiger partial charge is 0.418 e. The molecule has 1 aliphatic heterocycles. The second kappa shape index (κ2) is 12.3. The number of anilines is 2. The van der Waals surface area contributed by atoms with Gasteiger partial charge in [0.2, 0.25) is 10.0 Å². The number of rotatable bonds is 9. The van der Waals surface area contributed by atoms with Crippen LogP contribution in [0.4, 0.5) is 24.7 Å². The number of aromatic nitrogens is 4. The number of hydrogen-bond donors (Lipinski definition) is 1. The highest BCUT2D eigenvalue weighted by atomic mass is 32.2. The van der Waals surface area contributed by atoms with E-state index in [0.717, 1.165) is 6.07 Å². The van der Waals surface area contributed by atoms with E-state index in [4.69, 9.17) is 9.47 Å². The Bertz CT molecular complexity index is 1660. The van der Waals surface area contributed by atoms with Crippen LogP contribution in [0.25, 0.3) is 22.4 Å². The molecule has 1 N–H and O–H groups in total. The van der Waals surface area contributed by atoms with Gasteiger partial charge < -0.3 is 14.8 Å². The Kier molecular flexibility index (Phi) is 8.68. The van der Waals surface area contributed by atoms with E-state index in [9.17, 15) is 21.6 Å². The van der Waals surface area contributed by atoms with Crippen molar-refractivity contribution in [2.24, 2.45) is 5.92 Å². The lowest BCUT2D eigenvalue weighted by atomic mass is 10.1. The summed E-state index contributed by atoms with van der Waals surface area (Å²) in [6.45, 7) is 5.77. The third kappa shape index (κ3) is 6.67. The van der Waals surface area contributed by atoms with Gasteiger partial charge in [-0.05, 0) is 54.4 Å². The second-order valence-electron chi connectivity index (χ2n) is 10.0. The van der Waals surface area contributed by atoms with Crippen LogP contribution in [-0.4, -0.2) is 65.6 Å². The highest BCUT2D eigenvalue weighted by Gasteiger charge is 2.34. The van der Waals surface area contributed by atoms with Gasteiger partial charge in [0.05, 0.1) is 34.8 Å². The number of pyridine rings is 2. The third-order valence-electron chi connectivity index (χ3n) is 6.37. The Morgan fingerprint density at radius 2 is 1.76 bits per heavy atom. The molecule has 1 aliphatic rings. The fourth-order valence-electron chi connectivity index (χ4n) is 4.35. The first-order chi connectivity index (χ1) is 20.0. The minimum Gasteiger partial charge on any atom is -0.379 e. The van der Waals surface area contributed by atoms with Crippen LogP contribution >= 0.6 is 0 Å². The number of morpholine rings is 1. The lowest BCUT2D eigenvalue weighted by Gasteiger charge is -2.26. The maximum absolute atomic E-state index is 13.7. The molecule has 42 heavy (non-hydrogen) atoms. The van der Waals surface area contributed by atoms with Crippen molar-refractivity contribution in [1.82, 2.24) is 24.2 Å². The second-order valence-corrected chi connectivity index (χ2v) is 12.0. The molecule has 0 spiro atoms. The predicted molar refractivity (Wildman–Crippen MR) is 149 cm³/mol. The van der Waals surface area contributed by atoms with Crippen molar-refractivity contribution in [1.29, 1.82) is 0 Å². The van der Waals surface area contributed by atoms with Gasteiger partial charge in [-0.1, -0.05) is 13.8 Å². The molecule has 3 aromatic heterocycles. The standard InChI is InChI=1S/C28H29F3N6O4S/c1-18(2)16-41-17-24-35-26(33-19-5-7-20(8-6-19)42(38,39)37-12-14-40-15-13-37)21-9-10-23(34-27(21)36-24)25-22(28(29,30)31)4-3-11-32-25/h3-11,18H,12-17H2,1-2H3,(H,33,34,35,36). The van der Waals surface area contributed by atoms with E-state index >= 15 is 0 Å². The van der Waals surface area contributed by atoms with Gasteiger partial charge in [0.1, 0.15) is 18.1 Å². The minimum atomic E-state index is -4.62. The predicted octanol–water partition coefficient (Wildman–Crippen LogP) is 5.04. The van der Waals surface area contributed by atoms with Crippen LogP contribution in [0.5, 0.6) is 0 Å². The highest BCUT2D eigenvalue weighted by Crippen LogP contribution is 2.36. The van der Waals surface area contributed by atoms with Gasteiger partial charge in [0, 0.05) is 31.6 Å².